The van der Waals surface area contributed by atoms with Crippen molar-refractivity contribution in [1.29, 1.82) is 0 Å². The fraction of sp³-hybridized carbons (Fsp3) is 0.562. The van der Waals surface area contributed by atoms with E-state index in [1.54, 1.807) is 0 Å². The summed E-state index contributed by atoms with van der Waals surface area (Å²) in [4.78, 5) is 16.7. The molecule has 1 aromatic carbocycles. The average molecular weight is 289 g/mol. The number of aryl methyl sites for hydroxylation is 1. The summed E-state index contributed by atoms with van der Waals surface area (Å²) in [5.41, 5.74) is 8.89. The number of nitrogens with zero attached hydrogens (tertiary/aromatic N) is 2. The molecule has 0 aliphatic carbocycles. The molecule has 5 nitrogen and oxygen atoms in total. The van der Waals surface area contributed by atoms with Crippen molar-refractivity contribution >= 4 is 17.3 Å². The molecule has 0 atom stereocenters. The number of amides is 1. The van der Waals surface area contributed by atoms with Crippen LogP contribution in [0.15, 0.2) is 18.2 Å². The standard InChI is InChI=1S/C16H23N3O2/c17-14-4-5-15-13(12-14)2-1-3-16(20)19(15)7-6-18-8-10-21-11-9-18/h4-5,12H,1-3,6-11,17H2. The van der Waals surface area contributed by atoms with Crippen LogP contribution < -0.4 is 10.6 Å². The number of anilines is 2. The fourth-order valence-corrected chi connectivity index (χ4v) is 3.08. The van der Waals surface area contributed by atoms with Gasteiger partial charge in [0, 0.05) is 44.0 Å². The lowest BCUT2D eigenvalue weighted by Gasteiger charge is -2.30. The number of carbonyl (C=O) groups is 1. The molecule has 0 spiro atoms. The minimum atomic E-state index is 0.229. The van der Waals surface area contributed by atoms with Crippen LogP contribution in [0.25, 0.3) is 0 Å². The molecular weight excluding hydrogens is 266 g/mol. The summed E-state index contributed by atoms with van der Waals surface area (Å²) in [7, 11) is 0. The molecule has 1 saturated heterocycles. The van der Waals surface area contributed by atoms with Gasteiger partial charge in [0.05, 0.1) is 13.2 Å². The zero-order valence-corrected chi connectivity index (χ0v) is 12.4. The molecule has 2 aliphatic rings. The SMILES string of the molecule is Nc1ccc2c(c1)CCCC(=O)N2CCN1CCOCC1. The number of nitrogens with two attached hydrogens (primary N) is 1. The van der Waals surface area contributed by atoms with Gasteiger partial charge in [-0.05, 0) is 36.6 Å². The zero-order valence-electron chi connectivity index (χ0n) is 12.4. The first-order valence-corrected chi connectivity index (χ1v) is 7.73. The molecule has 1 amide bonds. The highest BCUT2D eigenvalue weighted by molar-refractivity contribution is 5.95. The number of hydrogen-bond acceptors (Lipinski definition) is 4. The third kappa shape index (κ3) is 3.36. The van der Waals surface area contributed by atoms with Crippen molar-refractivity contribution in [2.24, 2.45) is 0 Å². The molecule has 5 heteroatoms. The highest BCUT2D eigenvalue weighted by Crippen LogP contribution is 2.28. The van der Waals surface area contributed by atoms with E-state index >= 15 is 0 Å². The van der Waals surface area contributed by atoms with E-state index in [2.05, 4.69) is 4.90 Å². The van der Waals surface area contributed by atoms with Crippen LogP contribution in [-0.2, 0) is 16.0 Å². The minimum Gasteiger partial charge on any atom is -0.399 e. The third-order valence-corrected chi connectivity index (χ3v) is 4.28. The second kappa shape index (κ2) is 6.45. The van der Waals surface area contributed by atoms with Crippen LogP contribution >= 0.6 is 0 Å². The van der Waals surface area contributed by atoms with Crippen LogP contribution in [-0.4, -0.2) is 50.2 Å². The first-order chi connectivity index (χ1) is 10.2. The smallest absolute Gasteiger partial charge is 0.227 e. The Hall–Kier alpha value is -1.59. The van der Waals surface area contributed by atoms with E-state index in [1.807, 2.05) is 23.1 Å². The molecule has 0 aromatic heterocycles. The predicted molar refractivity (Wildman–Crippen MR) is 83.4 cm³/mol. The van der Waals surface area contributed by atoms with Gasteiger partial charge < -0.3 is 15.4 Å². The zero-order chi connectivity index (χ0) is 14.7. The number of rotatable bonds is 3. The molecule has 114 valence electrons. The van der Waals surface area contributed by atoms with Crippen molar-refractivity contribution < 1.29 is 9.53 Å². The molecule has 21 heavy (non-hydrogen) atoms. The summed E-state index contributed by atoms with van der Waals surface area (Å²) in [6.45, 7) is 5.14. The van der Waals surface area contributed by atoms with E-state index in [4.69, 9.17) is 10.5 Å². The van der Waals surface area contributed by atoms with Crippen LogP contribution in [0.5, 0.6) is 0 Å². The average Bonchev–Trinajstić information content (AvgIpc) is 2.64. The van der Waals surface area contributed by atoms with Crippen LogP contribution in [0.1, 0.15) is 18.4 Å². The Balaban J connectivity index is 1.74. The highest BCUT2D eigenvalue weighted by atomic mass is 16.5. The van der Waals surface area contributed by atoms with E-state index in [0.29, 0.717) is 6.42 Å². The number of nitrogen functional groups attached to an aromatic ring is 1. The van der Waals surface area contributed by atoms with E-state index in [-0.39, 0.29) is 5.91 Å². The Kier molecular flexibility index (Phi) is 4.41. The molecule has 2 N–H and O–H groups in total. The number of carbonyl (C=O) groups excluding carboxylic acids is 1. The molecule has 1 fully saturated rings. The maximum Gasteiger partial charge on any atom is 0.227 e. The molecule has 0 bridgehead atoms. The van der Waals surface area contributed by atoms with Gasteiger partial charge in [0.25, 0.3) is 0 Å². The Bertz CT molecular complexity index is 512. The van der Waals surface area contributed by atoms with Gasteiger partial charge in [-0.25, -0.2) is 0 Å². The van der Waals surface area contributed by atoms with E-state index in [1.165, 1.54) is 5.56 Å². The maximum absolute atomic E-state index is 12.4. The number of hydrogen-bond donors (Lipinski definition) is 1. The summed E-state index contributed by atoms with van der Waals surface area (Å²) in [5.74, 6) is 0.229. The van der Waals surface area contributed by atoms with Gasteiger partial charge >= 0.3 is 0 Å². The highest BCUT2D eigenvalue weighted by Gasteiger charge is 2.23. The van der Waals surface area contributed by atoms with Crippen LogP contribution in [0.2, 0.25) is 0 Å². The summed E-state index contributed by atoms with van der Waals surface area (Å²) in [5, 5.41) is 0. The molecule has 2 heterocycles. The second-order valence-electron chi connectivity index (χ2n) is 5.74. The lowest BCUT2D eigenvalue weighted by Crippen LogP contribution is -2.43. The molecule has 0 saturated carbocycles. The van der Waals surface area contributed by atoms with Crippen molar-refractivity contribution in [2.45, 2.75) is 19.3 Å². The van der Waals surface area contributed by atoms with E-state index < -0.39 is 0 Å². The van der Waals surface area contributed by atoms with Crippen LogP contribution in [0, 0.1) is 0 Å². The summed E-state index contributed by atoms with van der Waals surface area (Å²) < 4.78 is 5.37. The molecule has 0 radical (unpaired) electrons. The van der Waals surface area contributed by atoms with Crippen molar-refractivity contribution in [1.82, 2.24) is 4.90 Å². The lowest BCUT2D eigenvalue weighted by molar-refractivity contribution is -0.118. The summed E-state index contributed by atoms with van der Waals surface area (Å²) in [6.07, 6.45) is 2.46. The Labute approximate surface area is 125 Å². The van der Waals surface area contributed by atoms with E-state index in [9.17, 15) is 4.79 Å². The van der Waals surface area contributed by atoms with Crippen molar-refractivity contribution in [3.05, 3.63) is 23.8 Å². The second-order valence-corrected chi connectivity index (χ2v) is 5.74. The predicted octanol–water partition coefficient (Wildman–Crippen LogP) is 1.27. The minimum absolute atomic E-state index is 0.229. The van der Waals surface area contributed by atoms with Crippen molar-refractivity contribution in [3.63, 3.8) is 0 Å². The maximum atomic E-state index is 12.4. The van der Waals surface area contributed by atoms with Gasteiger partial charge in [-0.2, -0.15) is 0 Å². The van der Waals surface area contributed by atoms with Gasteiger partial charge in [0.2, 0.25) is 5.91 Å². The van der Waals surface area contributed by atoms with Gasteiger partial charge in [0.15, 0.2) is 0 Å². The third-order valence-electron chi connectivity index (χ3n) is 4.28. The Morgan fingerprint density at radius 2 is 1.95 bits per heavy atom. The van der Waals surface area contributed by atoms with E-state index in [0.717, 1.165) is 63.6 Å². The lowest BCUT2D eigenvalue weighted by atomic mass is 10.1. The normalized spacial score (nSPS) is 20.2. The first-order valence-electron chi connectivity index (χ1n) is 7.73. The fourth-order valence-electron chi connectivity index (χ4n) is 3.08. The quantitative estimate of drug-likeness (QED) is 0.851. The number of benzene rings is 1. The number of fused-ring (bicyclic) bond motifs is 1. The summed E-state index contributed by atoms with van der Waals surface area (Å²) in [6, 6.07) is 5.89. The van der Waals surface area contributed by atoms with Gasteiger partial charge in [-0.1, -0.05) is 0 Å². The number of morpholine rings is 1. The summed E-state index contributed by atoms with van der Waals surface area (Å²) >= 11 is 0. The van der Waals surface area contributed by atoms with Crippen LogP contribution in [0.3, 0.4) is 0 Å². The Morgan fingerprint density at radius 1 is 1.14 bits per heavy atom. The number of ether oxygens (including phenoxy) is 1. The largest absolute Gasteiger partial charge is 0.399 e. The molecule has 3 rings (SSSR count). The molecule has 0 unspecified atom stereocenters. The topological polar surface area (TPSA) is 58.8 Å². The molecule has 1 aromatic rings. The Morgan fingerprint density at radius 3 is 2.76 bits per heavy atom. The van der Waals surface area contributed by atoms with Gasteiger partial charge in [0.1, 0.15) is 0 Å². The van der Waals surface area contributed by atoms with Crippen LogP contribution in [0.4, 0.5) is 11.4 Å². The van der Waals surface area contributed by atoms with Crippen molar-refractivity contribution in [2.75, 3.05) is 50.0 Å². The first kappa shape index (κ1) is 14.4. The monoisotopic (exact) mass is 289 g/mol. The van der Waals surface area contributed by atoms with Gasteiger partial charge in [-0.15, -0.1) is 0 Å². The molecule has 2 aliphatic heterocycles. The molecular formula is C16H23N3O2. The van der Waals surface area contributed by atoms with Crippen molar-refractivity contribution in [3.8, 4) is 0 Å². The van der Waals surface area contributed by atoms with Gasteiger partial charge in [-0.3, -0.25) is 9.69 Å².